The van der Waals surface area contributed by atoms with Gasteiger partial charge in [0.05, 0.1) is 4.90 Å². The SMILES string of the molecule is C=Cc1ccc(S(=O)(=O)Nc2ccccn2)cc1. The van der Waals surface area contributed by atoms with Crippen molar-refractivity contribution in [3.63, 3.8) is 0 Å². The number of hydrogen-bond donors (Lipinski definition) is 1. The molecule has 0 saturated heterocycles. The average molecular weight is 260 g/mol. The summed E-state index contributed by atoms with van der Waals surface area (Å²) in [5, 5.41) is 0. The van der Waals surface area contributed by atoms with E-state index in [4.69, 9.17) is 0 Å². The first-order valence-corrected chi connectivity index (χ1v) is 6.76. The van der Waals surface area contributed by atoms with E-state index in [9.17, 15) is 8.42 Å². The minimum atomic E-state index is -3.59. The standard InChI is InChI=1S/C13H12N2O2S/c1-2-11-6-8-12(9-7-11)18(16,17)15-13-5-3-4-10-14-13/h2-10H,1H2,(H,14,15). The second kappa shape index (κ2) is 5.01. The largest absolute Gasteiger partial charge is 0.263 e. The van der Waals surface area contributed by atoms with E-state index in [1.54, 1.807) is 36.4 Å². The fraction of sp³-hybridized carbons (Fsp3) is 0. The third-order valence-corrected chi connectivity index (χ3v) is 3.70. The topological polar surface area (TPSA) is 59.1 Å². The highest BCUT2D eigenvalue weighted by atomic mass is 32.2. The molecule has 18 heavy (non-hydrogen) atoms. The molecule has 0 spiro atoms. The molecule has 1 aromatic heterocycles. The van der Waals surface area contributed by atoms with E-state index in [1.165, 1.54) is 18.3 Å². The van der Waals surface area contributed by atoms with E-state index in [2.05, 4.69) is 16.3 Å². The van der Waals surface area contributed by atoms with Gasteiger partial charge in [0.1, 0.15) is 5.82 Å². The molecule has 92 valence electrons. The van der Waals surface area contributed by atoms with E-state index >= 15 is 0 Å². The van der Waals surface area contributed by atoms with Gasteiger partial charge in [-0.2, -0.15) is 0 Å². The number of nitrogens with zero attached hydrogens (tertiary/aromatic N) is 1. The molecule has 0 aliphatic carbocycles. The lowest BCUT2D eigenvalue weighted by Gasteiger charge is -2.07. The maximum atomic E-state index is 12.0. The predicted molar refractivity (Wildman–Crippen MR) is 71.6 cm³/mol. The molecule has 5 heteroatoms. The van der Waals surface area contributed by atoms with E-state index in [0.29, 0.717) is 5.82 Å². The smallest absolute Gasteiger partial charge is 0.263 e. The summed E-state index contributed by atoms with van der Waals surface area (Å²) >= 11 is 0. The summed E-state index contributed by atoms with van der Waals surface area (Å²) in [6.45, 7) is 3.62. The van der Waals surface area contributed by atoms with Crippen LogP contribution in [0.2, 0.25) is 0 Å². The van der Waals surface area contributed by atoms with Crippen LogP contribution in [0, 0.1) is 0 Å². The Kier molecular flexibility index (Phi) is 3.43. The van der Waals surface area contributed by atoms with Crippen LogP contribution in [0.3, 0.4) is 0 Å². The third-order valence-electron chi connectivity index (χ3n) is 2.33. The number of pyridine rings is 1. The summed E-state index contributed by atoms with van der Waals surface area (Å²) in [5.41, 5.74) is 0.867. The van der Waals surface area contributed by atoms with Crippen LogP contribution in [0.4, 0.5) is 5.82 Å². The molecule has 1 heterocycles. The second-order valence-corrected chi connectivity index (χ2v) is 5.28. The first kappa shape index (κ1) is 12.3. The van der Waals surface area contributed by atoms with E-state index in [-0.39, 0.29) is 4.90 Å². The summed E-state index contributed by atoms with van der Waals surface area (Å²) in [6, 6.07) is 11.5. The van der Waals surface area contributed by atoms with Crippen molar-refractivity contribution in [1.82, 2.24) is 4.98 Å². The highest BCUT2D eigenvalue weighted by Gasteiger charge is 2.13. The molecule has 0 bridgehead atoms. The molecule has 4 nitrogen and oxygen atoms in total. The summed E-state index contributed by atoms with van der Waals surface area (Å²) in [7, 11) is -3.59. The molecule has 0 aliphatic heterocycles. The first-order valence-electron chi connectivity index (χ1n) is 5.28. The van der Waals surface area contributed by atoms with Crippen molar-refractivity contribution in [3.05, 3.63) is 60.8 Å². The van der Waals surface area contributed by atoms with Crippen molar-refractivity contribution in [2.75, 3.05) is 4.72 Å². The van der Waals surface area contributed by atoms with Gasteiger partial charge in [0.25, 0.3) is 10.0 Å². The van der Waals surface area contributed by atoms with Crippen LogP contribution < -0.4 is 4.72 Å². The molecule has 1 N–H and O–H groups in total. The molecule has 0 radical (unpaired) electrons. The van der Waals surface area contributed by atoms with Crippen LogP contribution in [-0.2, 0) is 10.0 Å². The van der Waals surface area contributed by atoms with Gasteiger partial charge in [-0.3, -0.25) is 4.72 Å². The lowest BCUT2D eigenvalue weighted by Crippen LogP contribution is -2.13. The Balaban J connectivity index is 2.28. The molecule has 0 amide bonds. The molecular weight excluding hydrogens is 248 g/mol. The Labute approximate surface area is 106 Å². The van der Waals surface area contributed by atoms with E-state index in [1.807, 2.05) is 0 Å². The quantitative estimate of drug-likeness (QED) is 0.919. The summed E-state index contributed by atoms with van der Waals surface area (Å²) in [4.78, 5) is 4.11. The van der Waals surface area contributed by atoms with Crippen molar-refractivity contribution in [2.45, 2.75) is 4.90 Å². The molecule has 0 atom stereocenters. The highest BCUT2D eigenvalue weighted by Crippen LogP contribution is 2.15. The Morgan fingerprint density at radius 1 is 1.11 bits per heavy atom. The van der Waals surface area contributed by atoms with Crippen molar-refractivity contribution >= 4 is 21.9 Å². The Morgan fingerprint density at radius 2 is 1.83 bits per heavy atom. The number of aromatic nitrogens is 1. The first-order chi connectivity index (χ1) is 8.62. The van der Waals surface area contributed by atoms with Crippen molar-refractivity contribution in [2.24, 2.45) is 0 Å². The number of anilines is 1. The number of sulfonamides is 1. The van der Waals surface area contributed by atoms with Crippen LogP contribution in [-0.4, -0.2) is 13.4 Å². The zero-order valence-corrected chi connectivity index (χ0v) is 10.4. The molecule has 2 aromatic rings. The van der Waals surface area contributed by atoms with Crippen LogP contribution in [0.15, 0.2) is 60.1 Å². The lowest BCUT2D eigenvalue weighted by molar-refractivity contribution is 0.601. The minimum Gasteiger partial charge on any atom is -0.263 e. The van der Waals surface area contributed by atoms with Crippen LogP contribution >= 0.6 is 0 Å². The van der Waals surface area contributed by atoms with E-state index in [0.717, 1.165) is 5.56 Å². The molecule has 2 rings (SSSR count). The van der Waals surface area contributed by atoms with Crippen LogP contribution in [0.5, 0.6) is 0 Å². The number of rotatable bonds is 4. The molecule has 0 saturated carbocycles. The van der Waals surface area contributed by atoms with E-state index < -0.39 is 10.0 Å². The van der Waals surface area contributed by atoms with Gasteiger partial charge in [0.2, 0.25) is 0 Å². The number of nitrogens with one attached hydrogen (secondary N) is 1. The number of hydrogen-bond acceptors (Lipinski definition) is 3. The van der Waals surface area contributed by atoms with Gasteiger partial charge in [0, 0.05) is 6.20 Å². The van der Waals surface area contributed by atoms with Crippen molar-refractivity contribution < 1.29 is 8.42 Å². The fourth-order valence-corrected chi connectivity index (χ4v) is 2.41. The zero-order valence-electron chi connectivity index (χ0n) is 9.58. The van der Waals surface area contributed by atoms with Gasteiger partial charge in [-0.05, 0) is 29.8 Å². The van der Waals surface area contributed by atoms with Gasteiger partial charge < -0.3 is 0 Å². The Bertz CT molecular complexity index is 634. The fourth-order valence-electron chi connectivity index (χ4n) is 1.40. The van der Waals surface area contributed by atoms with Gasteiger partial charge in [0.15, 0.2) is 0 Å². The summed E-state index contributed by atoms with van der Waals surface area (Å²) < 4.78 is 26.5. The maximum Gasteiger partial charge on any atom is 0.263 e. The van der Waals surface area contributed by atoms with Gasteiger partial charge >= 0.3 is 0 Å². The second-order valence-electron chi connectivity index (χ2n) is 3.59. The molecule has 1 aromatic carbocycles. The number of benzene rings is 1. The third kappa shape index (κ3) is 2.75. The predicted octanol–water partition coefficient (Wildman–Crippen LogP) is 2.53. The Hall–Kier alpha value is -2.14. The molecular formula is C13H12N2O2S. The zero-order chi connectivity index (χ0) is 13.0. The Morgan fingerprint density at radius 3 is 2.39 bits per heavy atom. The van der Waals surface area contributed by atoms with Gasteiger partial charge in [-0.1, -0.05) is 30.9 Å². The van der Waals surface area contributed by atoms with Crippen LogP contribution in [0.25, 0.3) is 6.08 Å². The van der Waals surface area contributed by atoms with Crippen molar-refractivity contribution in [3.8, 4) is 0 Å². The van der Waals surface area contributed by atoms with Gasteiger partial charge in [-0.25, -0.2) is 13.4 Å². The molecule has 0 fully saturated rings. The monoisotopic (exact) mass is 260 g/mol. The summed E-state index contributed by atoms with van der Waals surface area (Å²) in [6.07, 6.45) is 3.18. The summed E-state index contributed by atoms with van der Waals surface area (Å²) in [5.74, 6) is 0.297. The lowest BCUT2D eigenvalue weighted by atomic mass is 10.2. The van der Waals surface area contributed by atoms with Gasteiger partial charge in [-0.15, -0.1) is 0 Å². The highest BCUT2D eigenvalue weighted by molar-refractivity contribution is 7.92. The maximum absolute atomic E-state index is 12.0. The van der Waals surface area contributed by atoms with Crippen LogP contribution in [0.1, 0.15) is 5.56 Å². The molecule has 0 aliphatic rings. The average Bonchev–Trinajstić information content (AvgIpc) is 2.39. The molecule has 0 unspecified atom stereocenters. The normalized spacial score (nSPS) is 10.9. The van der Waals surface area contributed by atoms with Crippen molar-refractivity contribution in [1.29, 1.82) is 0 Å². The minimum absolute atomic E-state index is 0.193.